The van der Waals surface area contributed by atoms with Crippen LogP contribution in [0.1, 0.15) is 40.1 Å². The second-order valence-corrected chi connectivity index (χ2v) is 5.64. The van der Waals surface area contributed by atoms with Crippen LogP contribution in [0.3, 0.4) is 0 Å². The Labute approximate surface area is 157 Å². The van der Waals surface area contributed by atoms with Crippen LogP contribution in [-0.4, -0.2) is 41.4 Å². The number of hydrazone groups is 1. The largest absolute Gasteiger partial charge is 0.507 e. The second-order valence-electron chi connectivity index (χ2n) is 5.64. The van der Waals surface area contributed by atoms with Crippen LogP contribution in [-0.2, 0) is 0 Å². The zero-order chi connectivity index (χ0) is 19.8. The van der Waals surface area contributed by atoms with Gasteiger partial charge in [-0.25, -0.2) is 10.9 Å². The summed E-state index contributed by atoms with van der Waals surface area (Å²) in [4.78, 5) is 25.6. The fourth-order valence-corrected chi connectivity index (χ4v) is 2.52. The molecule has 0 aliphatic carbocycles. The van der Waals surface area contributed by atoms with Gasteiger partial charge in [-0.3, -0.25) is 14.8 Å². The number of benzene rings is 2. The lowest BCUT2D eigenvalue weighted by atomic mass is 10.1. The molecule has 8 nitrogen and oxygen atoms in total. The molecule has 0 aliphatic rings. The molecule has 0 radical (unpaired) electrons. The van der Waals surface area contributed by atoms with Crippen LogP contribution in [0.4, 0.5) is 5.69 Å². The van der Waals surface area contributed by atoms with Gasteiger partial charge in [-0.2, -0.15) is 5.10 Å². The summed E-state index contributed by atoms with van der Waals surface area (Å²) < 4.78 is 0. The highest BCUT2D eigenvalue weighted by atomic mass is 16.5. The third-order valence-corrected chi connectivity index (χ3v) is 4.00. The molecule has 0 fully saturated rings. The first-order valence-corrected chi connectivity index (χ1v) is 8.46. The van der Waals surface area contributed by atoms with E-state index in [1.54, 1.807) is 12.1 Å². The Hall–Kier alpha value is -3.39. The maximum absolute atomic E-state index is 12.1. The van der Waals surface area contributed by atoms with E-state index in [1.165, 1.54) is 36.0 Å². The Morgan fingerprint density at radius 1 is 1.07 bits per heavy atom. The van der Waals surface area contributed by atoms with Gasteiger partial charge in [-0.05, 0) is 44.2 Å². The van der Waals surface area contributed by atoms with E-state index in [0.29, 0.717) is 5.56 Å². The maximum atomic E-state index is 12.1. The summed E-state index contributed by atoms with van der Waals surface area (Å²) in [5, 5.41) is 22.6. The van der Waals surface area contributed by atoms with Crippen molar-refractivity contribution < 1.29 is 19.9 Å². The number of nitrogens with zero attached hydrogens (tertiary/aromatic N) is 2. The van der Waals surface area contributed by atoms with Crippen molar-refractivity contribution in [1.82, 2.24) is 10.9 Å². The third-order valence-electron chi connectivity index (χ3n) is 4.00. The fourth-order valence-electron chi connectivity index (χ4n) is 2.52. The Morgan fingerprint density at radius 3 is 2.33 bits per heavy atom. The molecule has 2 aromatic carbocycles. The van der Waals surface area contributed by atoms with Crippen molar-refractivity contribution in [3.8, 4) is 5.75 Å². The highest BCUT2D eigenvalue weighted by Crippen LogP contribution is 2.23. The van der Waals surface area contributed by atoms with E-state index in [9.17, 15) is 14.7 Å². The topological polar surface area (TPSA) is 114 Å². The molecular weight excluding hydrogens is 348 g/mol. The van der Waals surface area contributed by atoms with Gasteiger partial charge in [-0.15, -0.1) is 0 Å². The zero-order valence-electron chi connectivity index (χ0n) is 15.1. The number of anilines is 1. The number of rotatable bonds is 7. The third kappa shape index (κ3) is 5.05. The zero-order valence-corrected chi connectivity index (χ0v) is 15.1. The Balaban J connectivity index is 2.07. The van der Waals surface area contributed by atoms with Gasteiger partial charge < -0.3 is 10.0 Å². The van der Waals surface area contributed by atoms with Crippen LogP contribution in [0.25, 0.3) is 0 Å². The first kappa shape index (κ1) is 19.9. The van der Waals surface area contributed by atoms with Crippen molar-refractivity contribution in [1.29, 1.82) is 0 Å². The lowest BCUT2D eigenvalue weighted by Gasteiger charge is -2.21. The van der Waals surface area contributed by atoms with E-state index in [2.05, 4.69) is 15.4 Å². The molecule has 0 aliphatic heterocycles. The van der Waals surface area contributed by atoms with Crippen LogP contribution in [0.5, 0.6) is 5.75 Å². The molecule has 0 aromatic heterocycles. The van der Waals surface area contributed by atoms with E-state index in [1.807, 2.05) is 19.9 Å². The smallest absolute Gasteiger partial charge is 0.274 e. The van der Waals surface area contributed by atoms with Crippen molar-refractivity contribution in [2.24, 2.45) is 5.10 Å². The molecule has 0 atom stereocenters. The molecule has 142 valence electrons. The highest BCUT2D eigenvalue weighted by molar-refractivity contribution is 5.99. The Bertz CT molecular complexity index is 847. The molecule has 0 bridgehead atoms. The molecule has 27 heavy (non-hydrogen) atoms. The van der Waals surface area contributed by atoms with Gasteiger partial charge in [0, 0.05) is 41.5 Å². The van der Waals surface area contributed by atoms with Gasteiger partial charge in [0.25, 0.3) is 11.8 Å². The first-order valence-electron chi connectivity index (χ1n) is 8.46. The average molecular weight is 370 g/mol. The Kier molecular flexibility index (Phi) is 6.90. The minimum Gasteiger partial charge on any atom is -0.507 e. The number of aromatic hydroxyl groups is 1. The molecule has 2 aromatic rings. The van der Waals surface area contributed by atoms with Gasteiger partial charge in [0.05, 0.1) is 6.21 Å². The summed E-state index contributed by atoms with van der Waals surface area (Å²) >= 11 is 0. The summed E-state index contributed by atoms with van der Waals surface area (Å²) in [5.41, 5.74) is 5.54. The first-order chi connectivity index (χ1) is 13.0. The minimum absolute atomic E-state index is 0.0546. The predicted octanol–water partition coefficient (Wildman–Crippen LogP) is 2.12. The number of phenols is 1. The van der Waals surface area contributed by atoms with Gasteiger partial charge in [0.1, 0.15) is 5.75 Å². The number of hydrogen-bond donors (Lipinski definition) is 4. The number of phenolic OH excluding ortho intramolecular Hbond substituents is 1. The molecule has 0 unspecified atom stereocenters. The minimum atomic E-state index is -0.716. The number of carbonyl (C=O) groups excluding carboxylic acids is 2. The molecule has 0 saturated carbocycles. The summed E-state index contributed by atoms with van der Waals surface area (Å²) in [6.45, 7) is 5.72. The van der Waals surface area contributed by atoms with Crippen molar-refractivity contribution >= 4 is 23.7 Å². The fraction of sp³-hybridized carbons (Fsp3) is 0.211. The second kappa shape index (κ2) is 9.35. The number of hydrogen-bond acceptors (Lipinski definition) is 6. The molecule has 0 heterocycles. The van der Waals surface area contributed by atoms with Gasteiger partial charge in [-0.1, -0.05) is 6.07 Å². The van der Waals surface area contributed by atoms with E-state index in [4.69, 9.17) is 5.21 Å². The molecule has 2 rings (SSSR count). The molecule has 0 spiro atoms. The quantitative estimate of drug-likeness (QED) is 0.339. The van der Waals surface area contributed by atoms with Gasteiger partial charge in [0.2, 0.25) is 0 Å². The average Bonchev–Trinajstić information content (AvgIpc) is 2.69. The van der Waals surface area contributed by atoms with Crippen LogP contribution in [0.2, 0.25) is 0 Å². The van der Waals surface area contributed by atoms with E-state index in [0.717, 1.165) is 18.8 Å². The van der Waals surface area contributed by atoms with E-state index in [-0.39, 0.29) is 16.9 Å². The number of nitrogens with one attached hydrogen (secondary N) is 2. The van der Waals surface area contributed by atoms with Gasteiger partial charge in [0.15, 0.2) is 0 Å². The normalized spacial score (nSPS) is 10.6. The van der Waals surface area contributed by atoms with Crippen LogP contribution >= 0.6 is 0 Å². The molecule has 8 heteroatoms. The van der Waals surface area contributed by atoms with Crippen molar-refractivity contribution in [2.75, 3.05) is 18.0 Å². The summed E-state index contributed by atoms with van der Waals surface area (Å²) in [6.07, 6.45) is 1.34. The SMILES string of the molecule is CCN(CC)c1ccc(/C=N/NC(=O)c2cccc(C(=O)NO)c2)c(O)c1. The monoisotopic (exact) mass is 370 g/mol. The number of carbonyl (C=O) groups is 2. The van der Waals surface area contributed by atoms with Crippen molar-refractivity contribution in [2.45, 2.75) is 13.8 Å². The molecule has 2 amide bonds. The van der Waals surface area contributed by atoms with Gasteiger partial charge >= 0.3 is 0 Å². The standard InChI is InChI=1S/C19H22N4O4/c1-3-23(4-2)16-9-8-15(17(24)11-16)12-20-21-18(25)13-6-5-7-14(10-13)19(26)22-27/h5-12,24,27H,3-4H2,1-2H3,(H,21,25)(H,22,26)/b20-12+. The predicted molar refractivity (Wildman–Crippen MR) is 102 cm³/mol. The van der Waals surface area contributed by atoms with Crippen LogP contribution in [0, 0.1) is 0 Å². The van der Waals surface area contributed by atoms with Crippen LogP contribution in [0.15, 0.2) is 47.6 Å². The highest BCUT2D eigenvalue weighted by Gasteiger charge is 2.10. The van der Waals surface area contributed by atoms with Crippen molar-refractivity contribution in [3.05, 3.63) is 59.2 Å². The number of hydroxylamine groups is 1. The lowest BCUT2D eigenvalue weighted by Crippen LogP contribution is -2.21. The lowest BCUT2D eigenvalue weighted by molar-refractivity contribution is 0.0706. The van der Waals surface area contributed by atoms with E-state index < -0.39 is 11.8 Å². The number of amides is 2. The maximum Gasteiger partial charge on any atom is 0.274 e. The van der Waals surface area contributed by atoms with E-state index >= 15 is 0 Å². The molecule has 4 N–H and O–H groups in total. The van der Waals surface area contributed by atoms with Crippen molar-refractivity contribution in [3.63, 3.8) is 0 Å². The Morgan fingerprint density at radius 2 is 1.74 bits per heavy atom. The molecule has 0 saturated heterocycles. The molecular formula is C19H22N4O4. The van der Waals surface area contributed by atoms with Crippen LogP contribution < -0.4 is 15.8 Å². The summed E-state index contributed by atoms with van der Waals surface area (Å²) in [5.74, 6) is -1.19. The summed E-state index contributed by atoms with van der Waals surface area (Å²) in [6, 6.07) is 11.0. The summed E-state index contributed by atoms with van der Waals surface area (Å²) in [7, 11) is 0.